The molecule has 0 aliphatic carbocycles. The highest BCUT2D eigenvalue weighted by Gasteiger charge is 2.26. The summed E-state index contributed by atoms with van der Waals surface area (Å²) in [4.78, 5) is 19.5. The van der Waals surface area contributed by atoms with E-state index in [0.29, 0.717) is 5.75 Å². The summed E-state index contributed by atoms with van der Waals surface area (Å²) in [6.07, 6.45) is 0. The van der Waals surface area contributed by atoms with Crippen molar-refractivity contribution in [1.29, 1.82) is 0 Å². The standard InChI is InChI=1S/C11H7BrN2O2S2/c12-5-1-2-6-8(3-5)18-10(13-6)9-14-7(4-17-9)11(15)16/h1-3,7H,4H2,(H,15,16). The number of hydrogen-bond acceptors (Lipinski definition) is 5. The predicted molar refractivity (Wildman–Crippen MR) is 77.7 cm³/mol. The Balaban J connectivity index is 2.00. The monoisotopic (exact) mass is 342 g/mol. The largest absolute Gasteiger partial charge is 0.480 e. The van der Waals surface area contributed by atoms with Gasteiger partial charge in [-0.15, -0.1) is 23.1 Å². The fraction of sp³-hybridized carbons (Fsp3) is 0.182. The van der Waals surface area contributed by atoms with Crippen LogP contribution >= 0.6 is 39.0 Å². The maximum atomic E-state index is 10.9. The molecule has 3 rings (SSSR count). The van der Waals surface area contributed by atoms with Crippen molar-refractivity contribution in [3.05, 3.63) is 27.7 Å². The summed E-state index contributed by atoms with van der Waals surface area (Å²) in [7, 11) is 0. The average Bonchev–Trinajstić information content (AvgIpc) is 2.93. The Kier molecular flexibility index (Phi) is 3.13. The minimum absolute atomic E-state index is 0.490. The van der Waals surface area contributed by atoms with Gasteiger partial charge in [-0.1, -0.05) is 15.9 Å². The quantitative estimate of drug-likeness (QED) is 0.911. The minimum atomic E-state index is -0.874. The summed E-state index contributed by atoms with van der Waals surface area (Å²) in [6, 6.07) is 5.25. The number of thiazole rings is 1. The van der Waals surface area contributed by atoms with Crippen molar-refractivity contribution in [2.75, 3.05) is 5.75 Å². The third-order valence-electron chi connectivity index (χ3n) is 2.47. The number of hydrogen-bond donors (Lipinski definition) is 1. The van der Waals surface area contributed by atoms with Crippen LogP contribution in [0.25, 0.3) is 10.2 Å². The number of carboxylic acids is 1. The maximum Gasteiger partial charge on any atom is 0.329 e. The molecule has 1 unspecified atom stereocenters. The molecule has 1 aromatic heterocycles. The minimum Gasteiger partial charge on any atom is -0.480 e. The van der Waals surface area contributed by atoms with Crippen LogP contribution in [0.2, 0.25) is 0 Å². The molecule has 0 saturated carbocycles. The van der Waals surface area contributed by atoms with E-state index in [-0.39, 0.29) is 0 Å². The molecule has 0 spiro atoms. The summed E-state index contributed by atoms with van der Waals surface area (Å²) in [6.45, 7) is 0. The fourth-order valence-corrected chi connectivity index (χ4v) is 4.22. The number of aromatic nitrogens is 1. The molecule has 1 aliphatic heterocycles. The van der Waals surface area contributed by atoms with Gasteiger partial charge in [-0.3, -0.25) is 4.99 Å². The summed E-state index contributed by atoms with van der Waals surface area (Å²) < 4.78 is 2.08. The Morgan fingerprint density at radius 3 is 3.06 bits per heavy atom. The van der Waals surface area contributed by atoms with Crippen LogP contribution in [0.15, 0.2) is 27.7 Å². The zero-order valence-corrected chi connectivity index (χ0v) is 12.2. The van der Waals surface area contributed by atoms with E-state index in [1.54, 1.807) is 0 Å². The lowest BCUT2D eigenvalue weighted by Crippen LogP contribution is -2.17. The first-order valence-corrected chi connectivity index (χ1v) is 7.73. The number of nitrogens with zero attached hydrogens (tertiary/aromatic N) is 2. The smallest absolute Gasteiger partial charge is 0.329 e. The van der Waals surface area contributed by atoms with Crippen LogP contribution in [0.4, 0.5) is 0 Å². The van der Waals surface area contributed by atoms with E-state index in [2.05, 4.69) is 25.9 Å². The summed E-state index contributed by atoms with van der Waals surface area (Å²) in [5.41, 5.74) is 0.917. The highest BCUT2D eigenvalue weighted by atomic mass is 79.9. The number of carbonyl (C=O) groups is 1. The number of carboxylic acid groups (broad SMARTS) is 1. The van der Waals surface area contributed by atoms with Crippen molar-refractivity contribution in [3.63, 3.8) is 0 Å². The van der Waals surface area contributed by atoms with Gasteiger partial charge in [0.15, 0.2) is 6.04 Å². The van der Waals surface area contributed by atoms with Crippen LogP contribution in [-0.2, 0) is 4.79 Å². The van der Waals surface area contributed by atoms with Crippen molar-refractivity contribution < 1.29 is 9.90 Å². The molecule has 92 valence electrons. The first-order chi connectivity index (χ1) is 8.63. The Hall–Kier alpha value is -0.920. The Bertz CT molecular complexity index is 668. The van der Waals surface area contributed by atoms with Gasteiger partial charge in [-0.25, -0.2) is 9.78 Å². The third kappa shape index (κ3) is 2.17. The van der Waals surface area contributed by atoms with Gasteiger partial charge in [0.1, 0.15) is 10.1 Å². The molecule has 0 radical (unpaired) electrons. The molecule has 1 N–H and O–H groups in total. The topological polar surface area (TPSA) is 62.5 Å². The van der Waals surface area contributed by atoms with Crippen LogP contribution in [0.3, 0.4) is 0 Å². The van der Waals surface area contributed by atoms with E-state index in [1.165, 1.54) is 23.1 Å². The molecule has 1 aliphatic rings. The second-order valence-electron chi connectivity index (χ2n) is 3.73. The zero-order valence-electron chi connectivity index (χ0n) is 8.96. The van der Waals surface area contributed by atoms with Crippen LogP contribution in [-0.4, -0.2) is 32.9 Å². The van der Waals surface area contributed by atoms with Crippen molar-refractivity contribution in [2.24, 2.45) is 4.99 Å². The lowest BCUT2D eigenvalue weighted by Gasteiger charge is -1.93. The molecule has 7 heteroatoms. The lowest BCUT2D eigenvalue weighted by molar-refractivity contribution is -0.137. The first kappa shape index (κ1) is 12.1. The van der Waals surface area contributed by atoms with Crippen LogP contribution in [0.1, 0.15) is 5.01 Å². The summed E-state index contributed by atoms with van der Waals surface area (Å²) in [5, 5.41) is 10.4. The van der Waals surface area contributed by atoms with Gasteiger partial charge >= 0.3 is 5.97 Å². The van der Waals surface area contributed by atoms with Gasteiger partial charge in [-0.2, -0.15) is 0 Å². The van der Waals surface area contributed by atoms with E-state index in [9.17, 15) is 4.79 Å². The SMILES string of the molecule is O=C(O)C1CSC(c2nc3ccc(Br)cc3s2)=N1. The molecule has 0 amide bonds. The Morgan fingerprint density at radius 1 is 1.50 bits per heavy atom. The highest BCUT2D eigenvalue weighted by Crippen LogP contribution is 2.31. The fourth-order valence-electron chi connectivity index (χ4n) is 1.61. The van der Waals surface area contributed by atoms with Crippen LogP contribution < -0.4 is 0 Å². The van der Waals surface area contributed by atoms with Gasteiger partial charge < -0.3 is 5.11 Å². The number of aliphatic carboxylic acids is 1. The van der Waals surface area contributed by atoms with Gasteiger partial charge in [0, 0.05) is 10.2 Å². The molecule has 4 nitrogen and oxygen atoms in total. The van der Waals surface area contributed by atoms with Crippen LogP contribution in [0.5, 0.6) is 0 Å². The number of halogens is 1. The van der Waals surface area contributed by atoms with Crippen molar-refractivity contribution >= 4 is 60.3 Å². The number of benzene rings is 1. The zero-order chi connectivity index (χ0) is 12.7. The number of aliphatic imine (C=N–C) groups is 1. The average molecular weight is 343 g/mol. The van der Waals surface area contributed by atoms with Gasteiger partial charge in [-0.05, 0) is 18.2 Å². The van der Waals surface area contributed by atoms with Crippen molar-refractivity contribution in [2.45, 2.75) is 6.04 Å². The highest BCUT2D eigenvalue weighted by molar-refractivity contribution is 9.10. The van der Waals surface area contributed by atoms with E-state index in [0.717, 1.165) is 24.7 Å². The number of rotatable bonds is 2. The van der Waals surface area contributed by atoms with Crippen molar-refractivity contribution in [3.8, 4) is 0 Å². The van der Waals surface area contributed by atoms with Crippen LogP contribution in [0, 0.1) is 0 Å². The second-order valence-corrected chi connectivity index (χ2v) is 6.69. The maximum absolute atomic E-state index is 10.9. The molecule has 1 aromatic carbocycles. The predicted octanol–water partition coefficient (Wildman–Crippen LogP) is 3.01. The molecule has 0 bridgehead atoms. The van der Waals surface area contributed by atoms with E-state index in [4.69, 9.17) is 5.11 Å². The molecule has 2 aromatic rings. The molecular formula is C11H7BrN2O2S2. The van der Waals surface area contributed by atoms with E-state index < -0.39 is 12.0 Å². The Morgan fingerprint density at radius 2 is 2.33 bits per heavy atom. The second kappa shape index (κ2) is 4.64. The van der Waals surface area contributed by atoms with Gasteiger partial charge in [0.25, 0.3) is 0 Å². The number of thioether (sulfide) groups is 1. The molecule has 1 atom stereocenters. The third-order valence-corrected chi connectivity index (χ3v) is 5.17. The normalized spacial score (nSPS) is 19.2. The molecular weight excluding hydrogens is 336 g/mol. The lowest BCUT2D eigenvalue weighted by atomic mass is 10.3. The van der Waals surface area contributed by atoms with Gasteiger partial charge in [0.2, 0.25) is 0 Å². The van der Waals surface area contributed by atoms with Gasteiger partial charge in [0.05, 0.1) is 10.2 Å². The van der Waals surface area contributed by atoms with E-state index in [1.807, 2.05) is 18.2 Å². The van der Waals surface area contributed by atoms with Crippen molar-refractivity contribution in [1.82, 2.24) is 4.98 Å². The molecule has 0 fully saturated rings. The molecule has 18 heavy (non-hydrogen) atoms. The number of fused-ring (bicyclic) bond motifs is 1. The molecule has 2 heterocycles. The van der Waals surface area contributed by atoms with E-state index >= 15 is 0 Å². The molecule has 0 saturated heterocycles. The summed E-state index contributed by atoms with van der Waals surface area (Å²) in [5.74, 6) is -0.383. The summed E-state index contributed by atoms with van der Waals surface area (Å²) >= 11 is 6.41. The Labute approximate surface area is 119 Å². The first-order valence-electron chi connectivity index (χ1n) is 5.13.